The van der Waals surface area contributed by atoms with Crippen LogP contribution in [0.25, 0.3) is 0 Å². The standard InChI is InChI=1S/C24H23NO3/c1-2-18-27-25-22(19-12-6-3-7-13-19)24(26)28-23(20-14-8-4-9-15-20)21-16-10-5-11-17-21/h2-17,22-23,25H,1,18H2/t22-/m1/s1. The van der Waals surface area contributed by atoms with Gasteiger partial charge in [-0.3, -0.25) is 4.84 Å². The van der Waals surface area contributed by atoms with Crippen molar-refractivity contribution in [3.05, 3.63) is 120 Å². The molecule has 0 aliphatic heterocycles. The van der Waals surface area contributed by atoms with Gasteiger partial charge in [0.2, 0.25) is 0 Å². The van der Waals surface area contributed by atoms with Crippen LogP contribution in [0.4, 0.5) is 0 Å². The van der Waals surface area contributed by atoms with E-state index in [0.717, 1.165) is 16.7 Å². The van der Waals surface area contributed by atoms with Gasteiger partial charge in [0.05, 0.1) is 6.61 Å². The first-order chi connectivity index (χ1) is 13.8. The smallest absolute Gasteiger partial charge is 0.331 e. The van der Waals surface area contributed by atoms with Crippen LogP contribution in [-0.2, 0) is 14.4 Å². The lowest BCUT2D eigenvalue weighted by molar-refractivity contribution is -0.154. The first kappa shape index (κ1) is 19.5. The first-order valence-corrected chi connectivity index (χ1v) is 9.13. The van der Waals surface area contributed by atoms with Crippen LogP contribution in [0.1, 0.15) is 28.8 Å². The summed E-state index contributed by atoms with van der Waals surface area (Å²) in [5.41, 5.74) is 5.37. The third-order valence-corrected chi connectivity index (χ3v) is 4.21. The Labute approximate surface area is 165 Å². The van der Waals surface area contributed by atoms with Crippen molar-refractivity contribution in [3.63, 3.8) is 0 Å². The van der Waals surface area contributed by atoms with E-state index in [0.29, 0.717) is 0 Å². The molecule has 4 nitrogen and oxygen atoms in total. The maximum atomic E-state index is 13.1. The van der Waals surface area contributed by atoms with Crippen molar-refractivity contribution >= 4 is 5.97 Å². The summed E-state index contributed by atoms with van der Waals surface area (Å²) in [4.78, 5) is 18.4. The maximum Gasteiger partial charge on any atom is 0.331 e. The lowest BCUT2D eigenvalue weighted by Crippen LogP contribution is -2.31. The molecule has 3 aromatic rings. The summed E-state index contributed by atoms with van der Waals surface area (Å²) >= 11 is 0. The van der Waals surface area contributed by atoms with Crippen LogP contribution >= 0.6 is 0 Å². The van der Waals surface area contributed by atoms with Gasteiger partial charge in [0.25, 0.3) is 0 Å². The van der Waals surface area contributed by atoms with E-state index in [9.17, 15) is 4.79 Å². The molecule has 0 saturated heterocycles. The monoisotopic (exact) mass is 373 g/mol. The lowest BCUT2D eigenvalue weighted by Gasteiger charge is -2.23. The molecular weight excluding hydrogens is 350 g/mol. The van der Waals surface area contributed by atoms with E-state index in [1.165, 1.54) is 0 Å². The van der Waals surface area contributed by atoms with Gasteiger partial charge in [-0.1, -0.05) is 97.1 Å². The molecule has 142 valence electrons. The third kappa shape index (κ3) is 5.16. The minimum atomic E-state index is -0.754. The fraction of sp³-hybridized carbons (Fsp3) is 0.125. The predicted molar refractivity (Wildman–Crippen MR) is 109 cm³/mol. The fourth-order valence-corrected chi connectivity index (χ4v) is 2.86. The zero-order valence-corrected chi connectivity index (χ0v) is 15.5. The van der Waals surface area contributed by atoms with Crippen molar-refractivity contribution in [3.8, 4) is 0 Å². The summed E-state index contributed by atoms with van der Waals surface area (Å²) in [6.45, 7) is 3.90. The number of benzene rings is 3. The zero-order chi connectivity index (χ0) is 19.6. The first-order valence-electron chi connectivity index (χ1n) is 9.13. The van der Waals surface area contributed by atoms with Crippen LogP contribution < -0.4 is 5.48 Å². The number of hydrogen-bond donors (Lipinski definition) is 1. The molecule has 3 aromatic carbocycles. The van der Waals surface area contributed by atoms with Gasteiger partial charge in [-0.15, -0.1) is 6.58 Å². The predicted octanol–water partition coefficient (Wildman–Crippen LogP) is 4.77. The van der Waals surface area contributed by atoms with Gasteiger partial charge >= 0.3 is 5.97 Å². The number of hydroxylamine groups is 1. The van der Waals surface area contributed by atoms with Gasteiger partial charge in [0.1, 0.15) is 0 Å². The van der Waals surface area contributed by atoms with E-state index in [4.69, 9.17) is 9.57 Å². The number of rotatable bonds is 9. The van der Waals surface area contributed by atoms with Crippen molar-refractivity contribution in [2.24, 2.45) is 0 Å². The Morgan fingerprint density at radius 2 is 1.29 bits per heavy atom. The maximum absolute atomic E-state index is 13.1. The molecule has 0 aliphatic rings. The molecule has 0 bridgehead atoms. The molecule has 0 heterocycles. The Bertz CT molecular complexity index is 827. The Balaban J connectivity index is 1.87. The number of ether oxygens (including phenoxy) is 1. The summed E-state index contributed by atoms with van der Waals surface area (Å²) < 4.78 is 5.96. The van der Waals surface area contributed by atoms with Crippen LogP contribution in [0.2, 0.25) is 0 Å². The second kappa shape index (κ2) is 10.2. The van der Waals surface area contributed by atoms with Crippen molar-refractivity contribution < 1.29 is 14.4 Å². The number of nitrogens with one attached hydrogen (secondary N) is 1. The molecule has 0 unspecified atom stereocenters. The highest BCUT2D eigenvalue weighted by Gasteiger charge is 2.27. The van der Waals surface area contributed by atoms with E-state index in [1.807, 2.05) is 91.0 Å². The highest BCUT2D eigenvalue weighted by Crippen LogP contribution is 2.28. The molecule has 0 amide bonds. The van der Waals surface area contributed by atoms with Gasteiger partial charge < -0.3 is 4.74 Å². The molecule has 0 fully saturated rings. The highest BCUT2D eigenvalue weighted by molar-refractivity contribution is 5.78. The molecule has 0 saturated carbocycles. The largest absolute Gasteiger partial charge is 0.451 e. The molecule has 0 aromatic heterocycles. The summed E-state index contributed by atoms with van der Waals surface area (Å²) in [7, 11) is 0. The van der Waals surface area contributed by atoms with Gasteiger partial charge in [0.15, 0.2) is 12.1 Å². The van der Waals surface area contributed by atoms with Crippen LogP contribution in [0, 0.1) is 0 Å². The molecule has 4 heteroatoms. The average Bonchev–Trinajstić information content (AvgIpc) is 2.77. The molecular formula is C24H23NO3. The summed E-state index contributed by atoms with van der Waals surface area (Å²) in [5, 5.41) is 0. The van der Waals surface area contributed by atoms with Crippen molar-refractivity contribution in [2.75, 3.05) is 6.61 Å². The summed E-state index contributed by atoms with van der Waals surface area (Å²) in [6.07, 6.45) is 1.10. The minimum absolute atomic E-state index is 0.275. The van der Waals surface area contributed by atoms with Gasteiger partial charge in [-0.25, -0.2) is 4.79 Å². The van der Waals surface area contributed by atoms with E-state index in [2.05, 4.69) is 12.1 Å². The van der Waals surface area contributed by atoms with Crippen LogP contribution in [-0.4, -0.2) is 12.6 Å². The van der Waals surface area contributed by atoms with E-state index < -0.39 is 18.1 Å². The number of carbonyl (C=O) groups is 1. The Kier molecular flexibility index (Phi) is 7.13. The molecule has 0 radical (unpaired) electrons. The molecule has 0 aliphatic carbocycles. The molecule has 3 rings (SSSR count). The second-order valence-electron chi connectivity index (χ2n) is 6.20. The number of hydrogen-bond acceptors (Lipinski definition) is 4. The highest BCUT2D eigenvalue weighted by atomic mass is 16.6. The summed E-state index contributed by atoms with van der Waals surface area (Å²) in [5.74, 6) is -0.423. The second-order valence-corrected chi connectivity index (χ2v) is 6.20. The topological polar surface area (TPSA) is 47.6 Å². The third-order valence-electron chi connectivity index (χ3n) is 4.21. The molecule has 1 N–H and O–H groups in total. The van der Waals surface area contributed by atoms with Gasteiger partial charge in [-0.05, 0) is 16.7 Å². The Morgan fingerprint density at radius 1 is 0.821 bits per heavy atom. The van der Waals surface area contributed by atoms with Gasteiger partial charge in [-0.2, -0.15) is 5.48 Å². The lowest BCUT2D eigenvalue weighted by atomic mass is 10.0. The van der Waals surface area contributed by atoms with E-state index in [-0.39, 0.29) is 6.61 Å². The average molecular weight is 373 g/mol. The van der Waals surface area contributed by atoms with Crippen LogP contribution in [0.5, 0.6) is 0 Å². The van der Waals surface area contributed by atoms with Crippen LogP contribution in [0.3, 0.4) is 0 Å². The molecule has 1 atom stereocenters. The van der Waals surface area contributed by atoms with Crippen molar-refractivity contribution in [2.45, 2.75) is 12.1 Å². The number of esters is 1. The van der Waals surface area contributed by atoms with Gasteiger partial charge in [0, 0.05) is 0 Å². The Hall–Kier alpha value is -3.21. The summed E-state index contributed by atoms with van der Waals surface area (Å²) in [6, 6.07) is 28.0. The molecule has 0 spiro atoms. The van der Waals surface area contributed by atoms with E-state index >= 15 is 0 Å². The SMILES string of the molecule is C=CCON[C@@H](C(=O)OC(c1ccccc1)c1ccccc1)c1ccccc1. The molecule has 28 heavy (non-hydrogen) atoms. The quantitative estimate of drug-likeness (QED) is 0.254. The minimum Gasteiger partial charge on any atom is -0.451 e. The number of carbonyl (C=O) groups excluding carboxylic acids is 1. The Morgan fingerprint density at radius 3 is 1.75 bits per heavy atom. The normalized spacial score (nSPS) is 11.8. The van der Waals surface area contributed by atoms with Crippen LogP contribution in [0.15, 0.2) is 104 Å². The van der Waals surface area contributed by atoms with E-state index in [1.54, 1.807) is 6.08 Å². The van der Waals surface area contributed by atoms with Crippen molar-refractivity contribution in [1.82, 2.24) is 5.48 Å². The zero-order valence-electron chi connectivity index (χ0n) is 15.5. The fourth-order valence-electron chi connectivity index (χ4n) is 2.86. The van der Waals surface area contributed by atoms with Crippen molar-refractivity contribution in [1.29, 1.82) is 0 Å².